The fourth-order valence-electron chi connectivity index (χ4n) is 2.82. The molecule has 1 heterocycles. The highest BCUT2D eigenvalue weighted by Crippen LogP contribution is 2.39. The van der Waals surface area contributed by atoms with Gasteiger partial charge in [0.1, 0.15) is 11.2 Å². The van der Waals surface area contributed by atoms with Gasteiger partial charge in [-0.1, -0.05) is 65.8 Å². The third-order valence-electron chi connectivity index (χ3n) is 4.15. The number of fused-ring (bicyclic) bond motifs is 3. The average Bonchev–Trinajstić information content (AvgIpc) is 2.73. The van der Waals surface area contributed by atoms with Crippen molar-refractivity contribution in [3.05, 3.63) is 47.5 Å². The van der Waals surface area contributed by atoms with Gasteiger partial charge in [-0.3, -0.25) is 0 Å². The van der Waals surface area contributed by atoms with E-state index in [4.69, 9.17) is 4.42 Å². The van der Waals surface area contributed by atoms with Crippen molar-refractivity contribution in [3.8, 4) is 0 Å². The minimum Gasteiger partial charge on any atom is -0.456 e. The van der Waals surface area contributed by atoms with Crippen LogP contribution in [-0.4, -0.2) is 0 Å². The predicted octanol–water partition coefficient (Wildman–Crippen LogP) is 6.18. The summed E-state index contributed by atoms with van der Waals surface area (Å²) in [5.41, 5.74) is 4.87. The van der Waals surface area contributed by atoms with E-state index in [1.807, 2.05) is 6.07 Å². The summed E-state index contributed by atoms with van der Waals surface area (Å²) in [5.74, 6) is 0. The summed E-state index contributed by atoms with van der Waals surface area (Å²) >= 11 is 0. The molecule has 0 amide bonds. The number of hydrogen-bond donors (Lipinski definition) is 0. The Kier molecular flexibility index (Phi) is 2.95. The Labute approximate surface area is 127 Å². The van der Waals surface area contributed by atoms with Crippen LogP contribution in [0.15, 0.2) is 40.8 Å². The standard InChI is InChI=1S/C20H24O/c1-19(2,3)13-11-15-14-9-7-8-10-17(14)21-18(15)16(12-13)20(4,5)6/h7-12H,1-6H3. The zero-order valence-electron chi connectivity index (χ0n) is 13.9. The van der Waals surface area contributed by atoms with E-state index in [2.05, 4.69) is 71.9 Å². The minimum atomic E-state index is 0.0629. The molecule has 2 aromatic carbocycles. The summed E-state index contributed by atoms with van der Waals surface area (Å²) in [6.07, 6.45) is 0. The second-order valence-electron chi connectivity index (χ2n) is 8.00. The Morgan fingerprint density at radius 2 is 1.43 bits per heavy atom. The van der Waals surface area contributed by atoms with Gasteiger partial charge in [0.15, 0.2) is 0 Å². The first-order valence-electron chi connectivity index (χ1n) is 7.64. The van der Waals surface area contributed by atoms with E-state index in [1.165, 1.54) is 21.9 Å². The topological polar surface area (TPSA) is 13.1 Å². The summed E-state index contributed by atoms with van der Waals surface area (Å²) in [5, 5.41) is 2.45. The van der Waals surface area contributed by atoms with Gasteiger partial charge in [0.2, 0.25) is 0 Å². The van der Waals surface area contributed by atoms with Crippen LogP contribution < -0.4 is 0 Å². The van der Waals surface area contributed by atoms with E-state index >= 15 is 0 Å². The molecule has 3 rings (SSSR count). The Morgan fingerprint density at radius 1 is 0.762 bits per heavy atom. The van der Waals surface area contributed by atoms with Gasteiger partial charge in [-0.25, -0.2) is 0 Å². The Morgan fingerprint density at radius 3 is 2.05 bits per heavy atom. The van der Waals surface area contributed by atoms with Crippen molar-refractivity contribution >= 4 is 21.9 Å². The van der Waals surface area contributed by atoms with Crippen molar-refractivity contribution in [2.45, 2.75) is 52.4 Å². The fraction of sp³-hybridized carbons (Fsp3) is 0.400. The first-order valence-corrected chi connectivity index (χ1v) is 7.64. The zero-order chi connectivity index (χ0) is 15.4. The van der Waals surface area contributed by atoms with Crippen LogP contribution in [-0.2, 0) is 10.8 Å². The van der Waals surface area contributed by atoms with E-state index in [1.54, 1.807) is 0 Å². The van der Waals surface area contributed by atoms with Crippen molar-refractivity contribution in [3.63, 3.8) is 0 Å². The normalized spacial score (nSPS) is 13.2. The Hall–Kier alpha value is -1.76. The van der Waals surface area contributed by atoms with Crippen molar-refractivity contribution in [2.24, 2.45) is 0 Å². The van der Waals surface area contributed by atoms with Gasteiger partial charge in [-0.05, 0) is 28.5 Å². The molecule has 1 heteroatoms. The van der Waals surface area contributed by atoms with E-state index in [9.17, 15) is 0 Å². The van der Waals surface area contributed by atoms with Gasteiger partial charge in [0.05, 0.1) is 0 Å². The highest BCUT2D eigenvalue weighted by Gasteiger charge is 2.25. The summed E-state index contributed by atoms with van der Waals surface area (Å²) in [6, 6.07) is 12.9. The molecule has 1 aromatic heterocycles. The van der Waals surface area contributed by atoms with Gasteiger partial charge in [-0.2, -0.15) is 0 Å². The molecule has 0 N–H and O–H groups in total. The maximum atomic E-state index is 6.18. The molecule has 0 bridgehead atoms. The third kappa shape index (κ3) is 2.35. The van der Waals surface area contributed by atoms with Crippen LogP contribution in [0.5, 0.6) is 0 Å². The first kappa shape index (κ1) is 14.2. The summed E-state index contributed by atoms with van der Waals surface area (Å²) in [6.45, 7) is 13.6. The number of rotatable bonds is 0. The average molecular weight is 280 g/mol. The summed E-state index contributed by atoms with van der Waals surface area (Å²) in [4.78, 5) is 0. The molecule has 0 saturated heterocycles. The largest absolute Gasteiger partial charge is 0.456 e. The SMILES string of the molecule is CC(C)(C)c1cc(C(C)(C)C)c2oc3ccccc3c2c1. The van der Waals surface area contributed by atoms with Crippen molar-refractivity contribution in [2.75, 3.05) is 0 Å². The fourth-order valence-corrected chi connectivity index (χ4v) is 2.82. The predicted molar refractivity (Wildman–Crippen MR) is 91.1 cm³/mol. The molecule has 0 spiro atoms. The molecule has 0 fully saturated rings. The molecule has 110 valence electrons. The zero-order valence-corrected chi connectivity index (χ0v) is 13.9. The van der Waals surface area contributed by atoms with Gasteiger partial charge >= 0.3 is 0 Å². The van der Waals surface area contributed by atoms with Crippen LogP contribution in [0.4, 0.5) is 0 Å². The number of benzene rings is 2. The molecule has 0 unspecified atom stereocenters. The molecular weight excluding hydrogens is 256 g/mol. The van der Waals surface area contributed by atoms with E-state index in [-0.39, 0.29) is 10.8 Å². The van der Waals surface area contributed by atoms with Gasteiger partial charge in [0, 0.05) is 16.3 Å². The number of para-hydroxylation sites is 1. The minimum absolute atomic E-state index is 0.0629. The second-order valence-corrected chi connectivity index (χ2v) is 8.00. The lowest BCUT2D eigenvalue weighted by atomic mass is 9.79. The third-order valence-corrected chi connectivity index (χ3v) is 4.15. The molecule has 1 nitrogen and oxygen atoms in total. The summed E-state index contributed by atoms with van der Waals surface area (Å²) in [7, 11) is 0. The lowest BCUT2D eigenvalue weighted by Gasteiger charge is -2.25. The van der Waals surface area contributed by atoms with Gasteiger partial charge in [0.25, 0.3) is 0 Å². The van der Waals surface area contributed by atoms with Gasteiger partial charge in [-0.15, -0.1) is 0 Å². The van der Waals surface area contributed by atoms with E-state index < -0.39 is 0 Å². The van der Waals surface area contributed by atoms with Crippen molar-refractivity contribution < 1.29 is 4.42 Å². The molecule has 0 atom stereocenters. The van der Waals surface area contributed by atoms with E-state index in [0.717, 1.165) is 11.2 Å². The Bertz CT molecular complexity index is 807. The molecule has 3 aromatic rings. The van der Waals surface area contributed by atoms with Crippen molar-refractivity contribution in [1.29, 1.82) is 0 Å². The lowest BCUT2D eigenvalue weighted by Crippen LogP contribution is -2.16. The van der Waals surface area contributed by atoms with Crippen LogP contribution in [0.1, 0.15) is 52.7 Å². The highest BCUT2D eigenvalue weighted by atomic mass is 16.3. The Balaban J connectivity index is 2.48. The molecule has 0 aliphatic carbocycles. The summed E-state index contributed by atoms with van der Waals surface area (Å²) < 4.78 is 6.18. The van der Waals surface area contributed by atoms with Crippen LogP contribution in [0.2, 0.25) is 0 Å². The van der Waals surface area contributed by atoms with Crippen molar-refractivity contribution in [1.82, 2.24) is 0 Å². The maximum absolute atomic E-state index is 6.18. The number of furan rings is 1. The van der Waals surface area contributed by atoms with Crippen LogP contribution in [0.25, 0.3) is 21.9 Å². The highest BCUT2D eigenvalue weighted by molar-refractivity contribution is 6.06. The molecule has 0 radical (unpaired) electrons. The van der Waals surface area contributed by atoms with Crippen LogP contribution in [0.3, 0.4) is 0 Å². The van der Waals surface area contributed by atoms with Gasteiger partial charge < -0.3 is 4.42 Å². The quantitative estimate of drug-likeness (QED) is 0.479. The van der Waals surface area contributed by atoms with Crippen LogP contribution in [0, 0.1) is 0 Å². The lowest BCUT2D eigenvalue weighted by molar-refractivity contribution is 0.559. The molecule has 0 aliphatic heterocycles. The number of hydrogen-bond acceptors (Lipinski definition) is 1. The molecule has 0 saturated carbocycles. The smallest absolute Gasteiger partial charge is 0.139 e. The molecule has 0 aliphatic rings. The molecular formula is C20H24O. The maximum Gasteiger partial charge on any atom is 0.139 e. The van der Waals surface area contributed by atoms with E-state index in [0.29, 0.717) is 0 Å². The second kappa shape index (κ2) is 4.37. The first-order chi connectivity index (χ1) is 9.68. The van der Waals surface area contributed by atoms with Crippen LogP contribution >= 0.6 is 0 Å². The monoisotopic (exact) mass is 280 g/mol. The molecule has 21 heavy (non-hydrogen) atoms.